The van der Waals surface area contributed by atoms with Crippen molar-refractivity contribution in [3.63, 3.8) is 0 Å². The van der Waals surface area contributed by atoms with Crippen molar-refractivity contribution in [2.24, 2.45) is 0 Å². The molecule has 22 heavy (non-hydrogen) atoms. The third kappa shape index (κ3) is 3.29. The summed E-state index contributed by atoms with van der Waals surface area (Å²) < 4.78 is 0.730. The van der Waals surface area contributed by atoms with Crippen molar-refractivity contribution in [1.82, 2.24) is 15.3 Å². The smallest absolute Gasteiger partial charge is 0.208 e. The van der Waals surface area contributed by atoms with Crippen molar-refractivity contribution in [3.8, 4) is 0 Å². The second-order valence-electron chi connectivity index (χ2n) is 5.01. The lowest BCUT2D eigenvalue weighted by atomic mass is 10.1. The molecular formula is C14H22BrN5OS. The molecule has 1 aliphatic rings. The molecule has 0 bridgehead atoms. The normalized spacial score (nSPS) is 15.6. The van der Waals surface area contributed by atoms with Gasteiger partial charge >= 0.3 is 0 Å². The van der Waals surface area contributed by atoms with Gasteiger partial charge in [-0.15, -0.1) is 0 Å². The zero-order valence-corrected chi connectivity index (χ0v) is 14.3. The van der Waals surface area contributed by atoms with Crippen molar-refractivity contribution >= 4 is 44.0 Å². The fourth-order valence-electron chi connectivity index (χ4n) is 2.32. The number of nitrogens with one attached hydrogen (secondary N) is 1. The number of hydrogen-bond donors (Lipinski definition) is 2. The van der Waals surface area contributed by atoms with Crippen LogP contribution in [0, 0.1) is 0 Å². The number of ketones is 1. The van der Waals surface area contributed by atoms with E-state index in [4.69, 9.17) is 5.73 Å². The average molecular weight is 388 g/mol. The first-order valence-electron chi connectivity index (χ1n) is 7.02. The highest BCUT2D eigenvalue weighted by Gasteiger charge is 2.19. The van der Waals surface area contributed by atoms with E-state index < -0.39 is 0 Å². The molecule has 2 aromatic heterocycles. The Kier molecular flexibility index (Phi) is 4.70. The molecule has 0 unspecified atom stereocenters. The highest BCUT2D eigenvalue weighted by molar-refractivity contribution is 9.10. The Bertz CT molecular complexity index is 695. The lowest BCUT2D eigenvalue weighted by molar-refractivity contribution is 0.104. The van der Waals surface area contributed by atoms with Gasteiger partial charge in [-0.25, -0.2) is 9.97 Å². The number of anilines is 2. The maximum Gasteiger partial charge on any atom is 0.208 e. The van der Waals surface area contributed by atoms with Crippen LogP contribution in [0.25, 0.3) is 0 Å². The number of carbonyl (C=O) groups is 1. The monoisotopic (exact) mass is 387 g/mol. The van der Waals surface area contributed by atoms with E-state index in [0.29, 0.717) is 10.4 Å². The van der Waals surface area contributed by atoms with Gasteiger partial charge in [0.25, 0.3) is 0 Å². The lowest BCUT2D eigenvalue weighted by Gasteiger charge is -2.18. The summed E-state index contributed by atoms with van der Waals surface area (Å²) in [5, 5.41) is 4.24. The minimum atomic E-state index is -0.136. The van der Waals surface area contributed by atoms with Crippen LogP contribution in [0.15, 0.2) is 22.9 Å². The van der Waals surface area contributed by atoms with E-state index in [1.165, 1.54) is 11.3 Å². The maximum atomic E-state index is 12.6. The predicted molar refractivity (Wildman–Crippen MR) is 97.9 cm³/mol. The molecule has 0 amide bonds. The molecule has 1 fully saturated rings. The van der Waals surface area contributed by atoms with Gasteiger partial charge in [-0.1, -0.05) is 11.3 Å². The Hall–Kier alpha value is -1.51. The van der Waals surface area contributed by atoms with Crippen LogP contribution in [-0.2, 0) is 0 Å². The molecule has 1 aliphatic heterocycles. The molecule has 122 valence electrons. The largest absolute Gasteiger partial charge is 0.383 e. The summed E-state index contributed by atoms with van der Waals surface area (Å²) in [6.45, 7) is 3.82. The number of hydrogen-bond acceptors (Lipinski definition) is 7. The Morgan fingerprint density at radius 2 is 2.23 bits per heavy atom. The van der Waals surface area contributed by atoms with E-state index in [1.807, 2.05) is 0 Å². The molecule has 1 saturated heterocycles. The molecule has 8 heteroatoms. The van der Waals surface area contributed by atoms with E-state index in [9.17, 15) is 4.79 Å². The van der Waals surface area contributed by atoms with E-state index in [-0.39, 0.29) is 15.9 Å². The van der Waals surface area contributed by atoms with Crippen molar-refractivity contribution in [1.29, 1.82) is 0 Å². The summed E-state index contributed by atoms with van der Waals surface area (Å²) in [7, 11) is 0. The number of nitrogens with zero attached hydrogens (tertiary/aromatic N) is 3. The Morgan fingerprint density at radius 1 is 1.36 bits per heavy atom. The summed E-state index contributed by atoms with van der Waals surface area (Å²) in [6, 6.07) is 1.69. The topological polar surface area (TPSA) is 84.1 Å². The first-order chi connectivity index (χ1) is 10.6. The van der Waals surface area contributed by atoms with Gasteiger partial charge in [-0.05, 0) is 35.0 Å². The number of carbonyl (C=O) groups excluding carboxylic acids is 1. The zero-order chi connectivity index (χ0) is 15.5. The SMILES string of the molecule is Nc1ncc(Br)cc1C(=O)c1cnc(N2CCCNCC2)s1.[HH].[HH].[HH]. The molecule has 0 aromatic carbocycles. The van der Waals surface area contributed by atoms with Crippen LogP contribution in [0.4, 0.5) is 10.9 Å². The number of halogens is 1. The van der Waals surface area contributed by atoms with Gasteiger partial charge < -0.3 is 16.0 Å². The van der Waals surface area contributed by atoms with Crippen LogP contribution in [0.3, 0.4) is 0 Å². The molecule has 0 radical (unpaired) electrons. The van der Waals surface area contributed by atoms with Gasteiger partial charge in [0.15, 0.2) is 5.13 Å². The summed E-state index contributed by atoms with van der Waals surface area (Å²) in [4.78, 5) is 23.8. The number of thiazole rings is 1. The molecule has 0 atom stereocenters. The quantitative estimate of drug-likeness (QED) is 0.787. The minimum Gasteiger partial charge on any atom is -0.383 e. The first-order valence-corrected chi connectivity index (χ1v) is 8.63. The van der Waals surface area contributed by atoms with Crippen LogP contribution >= 0.6 is 27.3 Å². The summed E-state index contributed by atoms with van der Waals surface area (Å²) >= 11 is 4.72. The molecule has 6 nitrogen and oxygen atoms in total. The Labute approximate surface area is 145 Å². The molecule has 0 aliphatic carbocycles. The standard InChI is InChI=1S/C14H16BrN5OS.3H2/c15-9-6-10(13(16)18-7-9)12(21)11-8-19-14(22-11)20-4-1-2-17-3-5-20;;;/h6-8,17H,1-5H2,(H2,16,18);3*1H. The van der Waals surface area contributed by atoms with E-state index in [2.05, 4.69) is 36.1 Å². The molecule has 3 N–H and O–H groups in total. The molecule has 0 saturated carbocycles. The van der Waals surface area contributed by atoms with Gasteiger partial charge in [-0.2, -0.15) is 0 Å². The third-order valence-corrected chi connectivity index (χ3v) is 4.95. The number of rotatable bonds is 3. The van der Waals surface area contributed by atoms with Crippen LogP contribution in [-0.4, -0.2) is 41.9 Å². The van der Waals surface area contributed by atoms with E-state index in [0.717, 1.165) is 42.2 Å². The number of nitrogen functional groups attached to an aromatic ring is 1. The molecular weight excluding hydrogens is 366 g/mol. The van der Waals surface area contributed by atoms with E-state index >= 15 is 0 Å². The number of pyridine rings is 1. The van der Waals surface area contributed by atoms with Crippen molar-refractivity contribution in [2.75, 3.05) is 36.8 Å². The minimum absolute atomic E-state index is 0. The van der Waals surface area contributed by atoms with Gasteiger partial charge in [0.1, 0.15) is 5.82 Å². The van der Waals surface area contributed by atoms with E-state index in [1.54, 1.807) is 18.5 Å². The lowest BCUT2D eigenvalue weighted by Crippen LogP contribution is -2.27. The summed E-state index contributed by atoms with van der Waals surface area (Å²) in [6.07, 6.45) is 4.28. The second-order valence-corrected chi connectivity index (χ2v) is 6.94. The maximum absolute atomic E-state index is 12.6. The first kappa shape index (κ1) is 15.4. The van der Waals surface area contributed by atoms with Crippen molar-refractivity contribution in [2.45, 2.75) is 6.42 Å². The number of aromatic nitrogens is 2. The predicted octanol–water partition coefficient (Wildman–Crippen LogP) is 2.65. The summed E-state index contributed by atoms with van der Waals surface area (Å²) in [5.41, 5.74) is 6.22. The molecule has 3 rings (SSSR count). The fraction of sp³-hybridized carbons (Fsp3) is 0.357. The van der Waals surface area contributed by atoms with Crippen molar-refractivity contribution in [3.05, 3.63) is 33.4 Å². The Morgan fingerprint density at radius 3 is 3.09 bits per heavy atom. The van der Waals surface area contributed by atoms with Gasteiger partial charge in [0.2, 0.25) is 5.78 Å². The highest BCUT2D eigenvalue weighted by atomic mass is 79.9. The Balaban J connectivity index is 0.00000192. The van der Waals surface area contributed by atoms with Crippen LogP contribution < -0.4 is 16.0 Å². The highest BCUT2D eigenvalue weighted by Crippen LogP contribution is 2.27. The van der Waals surface area contributed by atoms with Gasteiger partial charge in [-0.3, -0.25) is 4.79 Å². The fourth-order valence-corrected chi connectivity index (χ4v) is 3.57. The zero-order valence-electron chi connectivity index (χ0n) is 11.9. The van der Waals surface area contributed by atoms with Crippen LogP contribution in [0.5, 0.6) is 0 Å². The summed E-state index contributed by atoms with van der Waals surface area (Å²) in [5.74, 6) is 0.102. The van der Waals surface area contributed by atoms with Crippen LogP contribution in [0.1, 0.15) is 25.9 Å². The van der Waals surface area contributed by atoms with Gasteiger partial charge in [0.05, 0.1) is 16.6 Å². The number of nitrogens with two attached hydrogens (primary N) is 1. The second kappa shape index (κ2) is 6.72. The molecule has 3 heterocycles. The molecule has 2 aromatic rings. The van der Waals surface area contributed by atoms with Crippen molar-refractivity contribution < 1.29 is 9.07 Å². The third-order valence-electron chi connectivity index (χ3n) is 3.46. The van der Waals surface area contributed by atoms with Crippen LogP contribution in [0.2, 0.25) is 0 Å². The molecule has 0 spiro atoms. The van der Waals surface area contributed by atoms with Gasteiger partial charge in [0, 0.05) is 34.6 Å². The average Bonchev–Trinajstić information content (AvgIpc) is 2.85.